The second-order valence-electron chi connectivity index (χ2n) is 4.66. The Bertz CT molecular complexity index is 902. The van der Waals surface area contributed by atoms with Crippen LogP contribution in [-0.4, -0.2) is 27.5 Å². The summed E-state index contributed by atoms with van der Waals surface area (Å²) in [6, 6.07) is 5.40. The summed E-state index contributed by atoms with van der Waals surface area (Å²) in [4.78, 5) is 9.58. The Kier molecular flexibility index (Phi) is 4.69. The van der Waals surface area contributed by atoms with Crippen molar-refractivity contribution < 1.29 is 26.9 Å². The van der Waals surface area contributed by atoms with Crippen LogP contribution in [0.2, 0.25) is 0 Å². The van der Waals surface area contributed by atoms with Crippen LogP contribution in [0, 0.1) is 21.7 Å². The molecule has 0 bridgehead atoms. The van der Waals surface area contributed by atoms with Crippen LogP contribution >= 0.6 is 0 Å². The third-order valence-electron chi connectivity index (χ3n) is 3.25. The maximum atomic E-state index is 13.8. The third kappa shape index (κ3) is 3.13. The van der Waals surface area contributed by atoms with E-state index in [1.165, 1.54) is 13.2 Å². The number of nitro groups is 1. The predicted octanol–water partition coefficient (Wildman–Crippen LogP) is 2.71. The summed E-state index contributed by atoms with van der Waals surface area (Å²) in [5, 5.41) is 11.1. The van der Waals surface area contributed by atoms with Crippen LogP contribution in [0.1, 0.15) is 0 Å². The molecule has 0 radical (unpaired) electrons. The van der Waals surface area contributed by atoms with Crippen molar-refractivity contribution in [2.75, 3.05) is 18.5 Å². The third-order valence-corrected chi connectivity index (χ3v) is 5.07. The van der Waals surface area contributed by atoms with Crippen molar-refractivity contribution in [3.05, 3.63) is 58.1 Å². The largest absolute Gasteiger partial charge is 0.497 e. The number of ether oxygens (including phenoxy) is 1. The summed E-state index contributed by atoms with van der Waals surface area (Å²) < 4.78 is 57.6. The van der Waals surface area contributed by atoms with Gasteiger partial charge in [-0.15, -0.1) is 0 Å². The monoisotopic (exact) mass is 358 g/mol. The molecule has 7 nitrogen and oxygen atoms in total. The molecule has 0 saturated heterocycles. The first kappa shape index (κ1) is 17.6. The predicted molar refractivity (Wildman–Crippen MR) is 81.6 cm³/mol. The molecule has 0 aliphatic carbocycles. The van der Waals surface area contributed by atoms with E-state index in [0.717, 1.165) is 31.3 Å². The summed E-state index contributed by atoms with van der Waals surface area (Å²) in [7, 11) is -2.26. The lowest BCUT2D eigenvalue weighted by Gasteiger charge is -2.20. The smallest absolute Gasteiger partial charge is 0.293 e. The number of anilines is 1. The Morgan fingerprint density at radius 2 is 1.83 bits per heavy atom. The average molecular weight is 358 g/mol. The van der Waals surface area contributed by atoms with Crippen LogP contribution in [0.4, 0.5) is 20.2 Å². The highest BCUT2D eigenvalue weighted by molar-refractivity contribution is 7.93. The van der Waals surface area contributed by atoms with E-state index in [-0.39, 0.29) is 5.75 Å². The molecule has 128 valence electrons. The lowest BCUT2D eigenvalue weighted by molar-refractivity contribution is -0.387. The molecule has 0 aliphatic heterocycles. The second-order valence-corrected chi connectivity index (χ2v) is 6.60. The molecule has 2 aromatic rings. The number of rotatable bonds is 5. The fraction of sp³-hybridized carbons (Fsp3) is 0.143. The Morgan fingerprint density at radius 3 is 2.42 bits per heavy atom. The molecule has 0 fully saturated rings. The van der Waals surface area contributed by atoms with Crippen molar-refractivity contribution in [1.82, 2.24) is 0 Å². The summed E-state index contributed by atoms with van der Waals surface area (Å²) in [6.45, 7) is 0. The molecule has 0 N–H and O–H groups in total. The van der Waals surface area contributed by atoms with Crippen molar-refractivity contribution >= 4 is 21.4 Å². The van der Waals surface area contributed by atoms with Gasteiger partial charge in [0.25, 0.3) is 15.7 Å². The van der Waals surface area contributed by atoms with E-state index in [2.05, 4.69) is 0 Å². The summed E-state index contributed by atoms with van der Waals surface area (Å²) in [5.41, 5.74) is -1.31. The van der Waals surface area contributed by atoms with E-state index in [9.17, 15) is 27.3 Å². The van der Waals surface area contributed by atoms with Gasteiger partial charge in [-0.05, 0) is 24.3 Å². The number of halogens is 2. The molecule has 2 rings (SSSR count). The van der Waals surface area contributed by atoms with Crippen LogP contribution in [0.5, 0.6) is 5.75 Å². The number of nitrogens with zero attached hydrogens (tertiary/aromatic N) is 2. The molecular formula is C14H12F2N2O5S. The fourth-order valence-electron chi connectivity index (χ4n) is 1.99. The fourth-order valence-corrected chi connectivity index (χ4v) is 3.32. The Balaban J connectivity index is 2.62. The minimum Gasteiger partial charge on any atom is -0.497 e. The molecule has 0 unspecified atom stereocenters. The Hall–Kier alpha value is -2.75. The van der Waals surface area contributed by atoms with E-state index in [1.807, 2.05) is 0 Å². The molecule has 0 aliphatic rings. The van der Waals surface area contributed by atoms with Gasteiger partial charge in [-0.3, -0.25) is 14.4 Å². The summed E-state index contributed by atoms with van der Waals surface area (Å²) >= 11 is 0. The maximum absolute atomic E-state index is 13.8. The summed E-state index contributed by atoms with van der Waals surface area (Å²) in [5.74, 6) is -1.75. The number of methoxy groups -OCH3 is 1. The van der Waals surface area contributed by atoms with Crippen molar-refractivity contribution in [2.24, 2.45) is 0 Å². The molecule has 0 saturated carbocycles. The van der Waals surface area contributed by atoms with Gasteiger partial charge >= 0.3 is 0 Å². The summed E-state index contributed by atoms with van der Waals surface area (Å²) in [6.07, 6.45) is 0. The molecule has 0 heterocycles. The van der Waals surface area contributed by atoms with Crippen LogP contribution in [0.3, 0.4) is 0 Å². The van der Waals surface area contributed by atoms with Crippen LogP contribution in [-0.2, 0) is 10.0 Å². The highest BCUT2D eigenvalue weighted by Gasteiger charge is 2.31. The minimum absolute atomic E-state index is 0.0836. The van der Waals surface area contributed by atoms with Gasteiger partial charge in [0.15, 0.2) is 4.90 Å². The molecule has 0 atom stereocenters. The topological polar surface area (TPSA) is 89.8 Å². The average Bonchev–Trinajstić information content (AvgIpc) is 2.55. The molecule has 2 aromatic carbocycles. The van der Waals surface area contributed by atoms with Crippen molar-refractivity contribution in [3.8, 4) is 5.75 Å². The molecule has 0 amide bonds. The number of hydrogen-bond acceptors (Lipinski definition) is 5. The molecule has 24 heavy (non-hydrogen) atoms. The lowest BCUT2D eigenvalue weighted by Crippen LogP contribution is -2.28. The number of hydrogen-bond donors (Lipinski definition) is 0. The first-order valence-electron chi connectivity index (χ1n) is 6.45. The molecular weight excluding hydrogens is 346 g/mol. The van der Waals surface area contributed by atoms with E-state index in [0.29, 0.717) is 10.4 Å². The van der Waals surface area contributed by atoms with Gasteiger partial charge in [0.05, 0.1) is 23.8 Å². The van der Waals surface area contributed by atoms with Crippen molar-refractivity contribution in [2.45, 2.75) is 4.90 Å². The van der Waals surface area contributed by atoms with Gasteiger partial charge in [0, 0.05) is 13.1 Å². The second kappa shape index (κ2) is 6.40. The van der Waals surface area contributed by atoms with Crippen LogP contribution in [0.15, 0.2) is 41.3 Å². The maximum Gasteiger partial charge on any atom is 0.293 e. The molecule has 0 spiro atoms. The van der Waals surface area contributed by atoms with Crippen molar-refractivity contribution in [3.63, 3.8) is 0 Å². The first-order chi connectivity index (χ1) is 11.2. The number of sulfonamides is 1. The van der Waals surface area contributed by atoms with E-state index in [1.54, 1.807) is 0 Å². The number of nitro benzene ring substituents is 1. The zero-order valence-electron chi connectivity index (χ0n) is 12.6. The van der Waals surface area contributed by atoms with Gasteiger partial charge in [-0.25, -0.2) is 17.2 Å². The van der Waals surface area contributed by atoms with Gasteiger partial charge in [-0.1, -0.05) is 0 Å². The van der Waals surface area contributed by atoms with Crippen LogP contribution in [0.25, 0.3) is 0 Å². The SMILES string of the molecule is COc1ccc(S(=O)(=O)N(C)c2cc(F)ccc2F)c([N+](=O)[O-])c1. The van der Waals surface area contributed by atoms with E-state index in [4.69, 9.17) is 4.74 Å². The standard InChI is InChI=1S/C14H12F2N2O5S/c1-17(12-7-9(15)3-5-11(12)16)24(21,22)14-6-4-10(23-2)8-13(14)18(19)20/h3-8H,1-2H3. The van der Waals surface area contributed by atoms with Crippen molar-refractivity contribution in [1.29, 1.82) is 0 Å². The molecule has 10 heteroatoms. The van der Waals surface area contributed by atoms with Gasteiger partial charge in [0.1, 0.15) is 17.4 Å². The van der Waals surface area contributed by atoms with Gasteiger partial charge in [-0.2, -0.15) is 0 Å². The first-order valence-corrected chi connectivity index (χ1v) is 7.89. The zero-order chi connectivity index (χ0) is 18.1. The molecule has 0 aromatic heterocycles. The number of benzene rings is 2. The van der Waals surface area contributed by atoms with Gasteiger partial charge in [0.2, 0.25) is 0 Å². The highest BCUT2D eigenvalue weighted by atomic mass is 32.2. The quantitative estimate of drug-likeness (QED) is 0.605. The normalized spacial score (nSPS) is 11.2. The zero-order valence-corrected chi connectivity index (χ0v) is 13.4. The Labute approximate surface area is 136 Å². The lowest BCUT2D eigenvalue weighted by atomic mass is 10.3. The van der Waals surface area contributed by atoms with E-state index >= 15 is 0 Å². The van der Waals surface area contributed by atoms with Gasteiger partial charge < -0.3 is 4.74 Å². The Morgan fingerprint density at radius 1 is 1.17 bits per heavy atom. The minimum atomic E-state index is -4.50. The highest BCUT2D eigenvalue weighted by Crippen LogP contribution is 2.32. The van der Waals surface area contributed by atoms with Crippen LogP contribution < -0.4 is 9.04 Å². The van der Waals surface area contributed by atoms with E-state index < -0.39 is 42.9 Å².